The lowest BCUT2D eigenvalue weighted by Crippen LogP contribution is -2.51. The van der Waals surface area contributed by atoms with Crippen molar-refractivity contribution in [2.24, 2.45) is 0 Å². The summed E-state index contributed by atoms with van der Waals surface area (Å²) in [5.74, 6) is 0.121. The summed E-state index contributed by atoms with van der Waals surface area (Å²) in [7, 11) is 1.47. The Kier molecular flexibility index (Phi) is 10.5. The molecule has 1 aromatic carbocycles. The number of halogens is 4. The average Bonchev–Trinajstić information content (AvgIpc) is 3.84. The number of nitrogens with zero attached hydrogens (tertiary/aromatic N) is 7. The van der Waals surface area contributed by atoms with Crippen molar-refractivity contribution in [1.82, 2.24) is 29.0 Å². The summed E-state index contributed by atoms with van der Waals surface area (Å²) in [5.41, 5.74) is 1.05. The van der Waals surface area contributed by atoms with Crippen molar-refractivity contribution in [3.8, 4) is 11.5 Å². The second-order valence-electron chi connectivity index (χ2n) is 12.7. The van der Waals surface area contributed by atoms with E-state index in [1.807, 2.05) is 17.9 Å². The highest BCUT2D eigenvalue weighted by Crippen LogP contribution is 2.38. The number of ether oxygens (including phenoxy) is 4. The van der Waals surface area contributed by atoms with Gasteiger partial charge in [0.25, 0.3) is 11.5 Å². The van der Waals surface area contributed by atoms with Crippen LogP contribution in [0.5, 0.6) is 11.5 Å². The van der Waals surface area contributed by atoms with Gasteiger partial charge in [-0.1, -0.05) is 24.6 Å². The van der Waals surface area contributed by atoms with Crippen LogP contribution in [-0.4, -0.2) is 101 Å². The molecule has 54 heavy (non-hydrogen) atoms. The largest absolute Gasteiger partial charge is 0.489 e. The van der Waals surface area contributed by atoms with Gasteiger partial charge in [0.2, 0.25) is 11.7 Å². The van der Waals surface area contributed by atoms with E-state index in [1.54, 1.807) is 15.7 Å². The SMILES string of the molecule is CCc1c(N2CCN(C(=O)c3ncc4c(c3OCOC)OCC4)CC2)c(=O)n2nc(C3=CCOCC3)nc2n1CC(=O)Nc1ccc(C(F)(F)F)cc1Cl. The van der Waals surface area contributed by atoms with Gasteiger partial charge in [-0.15, -0.1) is 5.10 Å². The molecule has 7 rings (SSSR count). The van der Waals surface area contributed by atoms with Crippen LogP contribution in [0, 0.1) is 0 Å². The Labute approximate surface area is 311 Å². The average molecular weight is 773 g/mol. The maximum absolute atomic E-state index is 14.3. The van der Waals surface area contributed by atoms with Gasteiger partial charge >= 0.3 is 6.18 Å². The quantitative estimate of drug-likeness (QED) is 0.234. The number of hydrogen-bond donors (Lipinski definition) is 1. The van der Waals surface area contributed by atoms with Crippen molar-refractivity contribution in [3.05, 3.63) is 74.2 Å². The van der Waals surface area contributed by atoms with Gasteiger partial charge in [-0.2, -0.15) is 22.7 Å². The molecule has 1 saturated heterocycles. The molecule has 1 N–H and O–H groups in total. The number of piperazine rings is 1. The minimum absolute atomic E-state index is 0.0134. The molecular weight excluding hydrogens is 737 g/mol. The number of hydrogen-bond acceptors (Lipinski definition) is 11. The first-order chi connectivity index (χ1) is 26.0. The van der Waals surface area contributed by atoms with Crippen LogP contribution < -0.4 is 25.2 Å². The zero-order valence-electron chi connectivity index (χ0n) is 29.4. The van der Waals surface area contributed by atoms with E-state index in [2.05, 4.69) is 20.4 Å². The molecule has 1 fully saturated rings. The first-order valence-corrected chi connectivity index (χ1v) is 17.6. The first kappa shape index (κ1) is 37.1. The van der Waals surface area contributed by atoms with Gasteiger partial charge in [-0.25, -0.2) is 4.98 Å². The Morgan fingerprint density at radius 2 is 1.91 bits per heavy atom. The van der Waals surface area contributed by atoms with E-state index in [-0.39, 0.29) is 79.0 Å². The van der Waals surface area contributed by atoms with Crippen LogP contribution in [0.15, 0.2) is 35.3 Å². The number of methoxy groups -OCH3 is 1. The highest BCUT2D eigenvalue weighted by atomic mass is 35.5. The van der Waals surface area contributed by atoms with Crippen molar-refractivity contribution in [3.63, 3.8) is 0 Å². The molecule has 0 bridgehead atoms. The zero-order valence-corrected chi connectivity index (χ0v) is 30.1. The van der Waals surface area contributed by atoms with Crippen molar-refractivity contribution in [1.29, 1.82) is 0 Å². The smallest absolute Gasteiger partial charge is 0.416 e. The van der Waals surface area contributed by atoms with E-state index in [4.69, 9.17) is 30.5 Å². The third kappa shape index (κ3) is 7.20. The number of alkyl halides is 3. The Hall–Kier alpha value is -5.20. The fraction of sp³-hybridized carbons (Fsp3) is 0.429. The van der Waals surface area contributed by atoms with Gasteiger partial charge in [0.15, 0.2) is 29.8 Å². The van der Waals surface area contributed by atoms with Gasteiger partial charge in [0.1, 0.15) is 12.2 Å². The van der Waals surface area contributed by atoms with Crippen LogP contribution in [-0.2, 0) is 39.8 Å². The van der Waals surface area contributed by atoms with E-state index in [0.717, 1.165) is 33.9 Å². The molecule has 15 nitrogen and oxygen atoms in total. The van der Waals surface area contributed by atoms with E-state index < -0.39 is 23.2 Å². The van der Waals surface area contributed by atoms with Gasteiger partial charge in [0, 0.05) is 51.5 Å². The Morgan fingerprint density at radius 3 is 2.59 bits per heavy atom. The van der Waals surface area contributed by atoms with Crippen molar-refractivity contribution in [2.45, 2.75) is 38.9 Å². The third-order valence-electron chi connectivity index (χ3n) is 9.37. The summed E-state index contributed by atoms with van der Waals surface area (Å²) in [6, 6.07) is 2.65. The summed E-state index contributed by atoms with van der Waals surface area (Å²) in [5, 5.41) is 6.87. The minimum Gasteiger partial charge on any atom is -0.489 e. The summed E-state index contributed by atoms with van der Waals surface area (Å²) in [4.78, 5) is 54.2. The molecule has 2 amide bonds. The molecule has 0 spiro atoms. The Balaban J connectivity index is 1.20. The van der Waals surface area contributed by atoms with Gasteiger partial charge in [-0.05, 0) is 36.6 Å². The number of nitrogens with one attached hydrogen (secondary N) is 1. The number of aromatic nitrogens is 5. The van der Waals surface area contributed by atoms with Crippen LogP contribution in [0.2, 0.25) is 5.02 Å². The first-order valence-electron chi connectivity index (χ1n) is 17.2. The van der Waals surface area contributed by atoms with Crippen molar-refractivity contribution in [2.75, 3.05) is 70.1 Å². The molecular formula is C35H36ClF3N8O7. The predicted octanol–water partition coefficient (Wildman–Crippen LogP) is 3.84. The second-order valence-corrected chi connectivity index (χ2v) is 13.1. The van der Waals surface area contributed by atoms with E-state index in [1.165, 1.54) is 7.11 Å². The Morgan fingerprint density at radius 1 is 1.11 bits per heavy atom. The minimum atomic E-state index is -4.61. The summed E-state index contributed by atoms with van der Waals surface area (Å²) in [6.07, 6.45) is 0.291. The number of carbonyl (C=O) groups is 2. The molecule has 3 aromatic heterocycles. The molecule has 0 radical (unpaired) electrons. The number of amides is 2. The molecule has 19 heteroatoms. The van der Waals surface area contributed by atoms with Crippen molar-refractivity contribution >= 4 is 46.1 Å². The van der Waals surface area contributed by atoms with Crippen LogP contribution in [0.25, 0.3) is 11.4 Å². The van der Waals surface area contributed by atoms with E-state index >= 15 is 0 Å². The fourth-order valence-electron chi connectivity index (χ4n) is 6.72. The standard InChI is InChI=1S/C35H36ClF3N8O7/c1-3-25-28(44-9-11-45(12-10-44)32(49)27-30(54-19-51-2)29-21(17-40-27)8-15-53-29)33(50)47-34(42-31(43-47)20-6-13-52-14-7-20)46(25)18-26(48)41-24-5-4-22(16-23(24)36)35(37,38)39/h4-6,16-17H,3,7-15,18-19H2,1-2H3,(H,41,48). The van der Waals surface area contributed by atoms with E-state index in [0.29, 0.717) is 56.4 Å². The number of carbonyl (C=O) groups excluding carboxylic acids is 2. The van der Waals surface area contributed by atoms with Crippen LogP contribution in [0.1, 0.15) is 46.5 Å². The van der Waals surface area contributed by atoms with Gasteiger partial charge < -0.3 is 38.6 Å². The lowest BCUT2D eigenvalue weighted by molar-refractivity contribution is -0.137. The van der Waals surface area contributed by atoms with Crippen molar-refractivity contribution < 1.29 is 41.7 Å². The molecule has 6 heterocycles. The number of pyridine rings is 1. The normalized spacial score (nSPS) is 15.9. The molecule has 0 unspecified atom stereocenters. The lowest BCUT2D eigenvalue weighted by atomic mass is 10.1. The number of rotatable bonds is 10. The number of fused-ring (bicyclic) bond motifs is 2. The second kappa shape index (κ2) is 15.3. The molecule has 4 aromatic rings. The zero-order chi connectivity index (χ0) is 38.1. The molecule has 0 aliphatic carbocycles. The number of anilines is 2. The van der Waals surface area contributed by atoms with Crippen LogP contribution in [0.4, 0.5) is 24.5 Å². The summed E-state index contributed by atoms with van der Waals surface area (Å²) < 4.78 is 64.5. The fourth-order valence-corrected chi connectivity index (χ4v) is 6.95. The molecule has 0 saturated carbocycles. The summed E-state index contributed by atoms with van der Waals surface area (Å²) in [6.45, 7) is 3.58. The maximum Gasteiger partial charge on any atom is 0.416 e. The van der Waals surface area contributed by atoms with Gasteiger partial charge in [-0.3, -0.25) is 14.4 Å². The molecule has 3 aliphatic heterocycles. The number of benzene rings is 1. The highest BCUT2D eigenvalue weighted by Gasteiger charge is 2.34. The summed E-state index contributed by atoms with van der Waals surface area (Å²) >= 11 is 6.14. The van der Waals surface area contributed by atoms with Crippen LogP contribution >= 0.6 is 11.6 Å². The highest BCUT2D eigenvalue weighted by molar-refractivity contribution is 6.33. The lowest BCUT2D eigenvalue weighted by Gasteiger charge is -2.36. The third-order valence-corrected chi connectivity index (χ3v) is 9.68. The Bertz CT molecular complexity index is 2200. The monoisotopic (exact) mass is 772 g/mol. The van der Waals surface area contributed by atoms with Crippen LogP contribution in [0.3, 0.4) is 0 Å². The molecule has 286 valence electrons. The molecule has 0 atom stereocenters. The topological polar surface area (TPSA) is 155 Å². The van der Waals surface area contributed by atoms with Gasteiger partial charge in [0.05, 0.1) is 41.8 Å². The predicted molar refractivity (Wildman–Crippen MR) is 189 cm³/mol. The maximum atomic E-state index is 14.3. The van der Waals surface area contributed by atoms with E-state index in [9.17, 15) is 27.6 Å². The molecule has 3 aliphatic rings.